The maximum absolute atomic E-state index is 12.3. The fraction of sp³-hybridized carbons (Fsp3) is 0.350. The average Bonchev–Trinajstić information content (AvgIpc) is 2.63. The fourth-order valence-electron chi connectivity index (χ4n) is 2.44. The van der Waals surface area contributed by atoms with Gasteiger partial charge in [-0.15, -0.1) is 0 Å². The lowest BCUT2D eigenvalue weighted by Gasteiger charge is -2.17. The van der Waals surface area contributed by atoms with E-state index in [1.807, 2.05) is 31.2 Å². The Hall–Kier alpha value is -2.20. The van der Waals surface area contributed by atoms with Crippen molar-refractivity contribution in [3.63, 3.8) is 0 Å². The number of carbonyl (C=O) groups excluding carboxylic acids is 1. The topological polar surface area (TPSA) is 47.6 Å². The van der Waals surface area contributed by atoms with E-state index in [2.05, 4.69) is 5.32 Å². The number of halogens is 1. The third-order valence-electron chi connectivity index (χ3n) is 3.84. The highest BCUT2D eigenvalue weighted by Gasteiger charge is 2.17. The first kappa shape index (κ1) is 19.1. The van der Waals surface area contributed by atoms with Crippen LogP contribution >= 0.6 is 11.6 Å². The standard InChI is InChI=1S/C20H24ClNO3/c1-3-19(25-18-8-4-7-16(21)14-18)20(23)22-13-5-6-15-9-11-17(24-2)12-10-15/h4,7-12,14,19H,3,5-6,13H2,1-2H3,(H,22,23). The van der Waals surface area contributed by atoms with Crippen LogP contribution in [-0.2, 0) is 11.2 Å². The number of methoxy groups -OCH3 is 1. The van der Waals surface area contributed by atoms with Crippen molar-refractivity contribution in [2.24, 2.45) is 0 Å². The van der Waals surface area contributed by atoms with Crippen molar-refractivity contribution in [2.75, 3.05) is 13.7 Å². The molecule has 0 aromatic heterocycles. The summed E-state index contributed by atoms with van der Waals surface area (Å²) in [6.07, 6.45) is 1.85. The van der Waals surface area contributed by atoms with Crippen molar-refractivity contribution < 1.29 is 14.3 Å². The minimum Gasteiger partial charge on any atom is -0.497 e. The molecule has 2 rings (SSSR count). The van der Waals surface area contributed by atoms with Gasteiger partial charge in [-0.05, 0) is 55.2 Å². The number of ether oxygens (including phenoxy) is 2. The van der Waals surface area contributed by atoms with E-state index in [0.717, 1.165) is 18.6 Å². The summed E-state index contributed by atoms with van der Waals surface area (Å²) < 4.78 is 10.9. The first-order valence-electron chi connectivity index (χ1n) is 8.45. The normalized spacial score (nSPS) is 11.6. The summed E-state index contributed by atoms with van der Waals surface area (Å²) >= 11 is 5.94. The molecular weight excluding hydrogens is 338 g/mol. The highest BCUT2D eigenvalue weighted by molar-refractivity contribution is 6.30. The molecule has 0 radical (unpaired) electrons. The number of aryl methyl sites for hydroxylation is 1. The molecule has 2 aromatic carbocycles. The Morgan fingerprint density at radius 3 is 2.56 bits per heavy atom. The van der Waals surface area contributed by atoms with Gasteiger partial charge in [0.1, 0.15) is 11.5 Å². The zero-order valence-electron chi connectivity index (χ0n) is 14.6. The number of hydrogen-bond acceptors (Lipinski definition) is 3. The SMILES string of the molecule is CCC(Oc1cccc(Cl)c1)C(=O)NCCCc1ccc(OC)cc1. The highest BCUT2D eigenvalue weighted by Crippen LogP contribution is 2.19. The summed E-state index contributed by atoms with van der Waals surface area (Å²) in [5.74, 6) is 1.35. The predicted octanol–water partition coefficient (Wildman–Crippen LogP) is 4.26. The van der Waals surface area contributed by atoms with Crippen LogP contribution < -0.4 is 14.8 Å². The van der Waals surface area contributed by atoms with Crippen LogP contribution in [0.4, 0.5) is 0 Å². The molecule has 2 aromatic rings. The molecule has 25 heavy (non-hydrogen) atoms. The quantitative estimate of drug-likeness (QED) is 0.679. The Kier molecular flexibility index (Phi) is 7.61. The van der Waals surface area contributed by atoms with E-state index in [1.54, 1.807) is 31.4 Å². The fourth-order valence-corrected chi connectivity index (χ4v) is 2.62. The molecule has 0 spiro atoms. The molecule has 0 aliphatic heterocycles. The second-order valence-corrected chi connectivity index (χ2v) is 6.15. The lowest BCUT2D eigenvalue weighted by molar-refractivity contribution is -0.128. The maximum atomic E-state index is 12.3. The maximum Gasteiger partial charge on any atom is 0.261 e. The van der Waals surface area contributed by atoms with Crippen LogP contribution in [0.2, 0.25) is 5.02 Å². The van der Waals surface area contributed by atoms with E-state index >= 15 is 0 Å². The van der Waals surface area contributed by atoms with Gasteiger partial charge in [0.15, 0.2) is 6.10 Å². The average molecular weight is 362 g/mol. The van der Waals surface area contributed by atoms with E-state index in [-0.39, 0.29) is 5.91 Å². The van der Waals surface area contributed by atoms with E-state index in [1.165, 1.54) is 5.56 Å². The van der Waals surface area contributed by atoms with Crippen molar-refractivity contribution >= 4 is 17.5 Å². The zero-order valence-corrected chi connectivity index (χ0v) is 15.4. The molecule has 1 N–H and O–H groups in total. The molecule has 5 heteroatoms. The Balaban J connectivity index is 1.75. The molecule has 4 nitrogen and oxygen atoms in total. The Morgan fingerprint density at radius 2 is 1.92 bits per heavy atom. The first-order chi connectivity index (χ1) is 12.1. The number of carbonyl (C=O) groups is 1. The summed E-state index contributed by atoms with van der Waals surface area (Å²) in [5.41, 5.74) is 1.22. The predicted molar refractivity (Wildman–Crippen MR) is 100 cm³/mol. The number of amides is 1. The molecule has 0 aliphatic carbocycles. The van der Waals surface area contributed by atoms with Crippen LogP contribution in [-0.4, -0.2) is 25.7 Å². The molecule has 0 aliphatic rings. The summed E-state index contributed by atoms with van der Waals surface area (Å²) in [6, 6.07) is 15.0. The number of benzene rings is 2. The van der Waals surface area contributed by atoms with Gasteiger partial charge >= 0.3 is 0 Å². The van der Waals surface area contributed by atoms with Crippen molar-refractivity contribution in [2.45, 2.75) is 32.3 Å². The van der Waals surface area contributed by atoms with Crippen molar-refractivity contribution in [1.82, 2.24) is 5.32 Å². The van der Waals surface area contributed by atoms with Gasteiger partial charge in [-0.25, -0.2) is 0 Å². The largest absolute Gasteiger partial charge is 0.497 e. The molecule has 1 amide bonds. The summed E-state index contributed by atoms with van der Waals surface area (Å²) in [4.78, 5) is 12.3. The molecule has 1 atom stereocenters. The van der Waals surface area contributed by atoms with Crippen LogP contribution in [0.15, 0.2) is 48.5 Å². The lowest BCUT2D eigenvalue weighted by atomic mass is 10.1. The van der Waals surface area contributed by atoms with E-state index < -0.39 is 6.10 Å². The van der Waals surface area contributed by atoms with Crippen LogP contribution in [0.5, 0.6) is 11.5 Å². The monoisotopic (exact) mass is 361 g/mol. The van der Waals surface area contributed by atoms with E-state index in [4.69, 9.17) is 21.1 Å². The van der Waals surface area contributed by atoms with Crippen LogP contribution in [0.3, 0.4) is 0 Å². The molecule has 134 valence electrons. The van der Waals surface area contributed by atoms with Gasteiger partial charge < -0.3 is 14.8 Å². The van der Waals surface area contributed by atoms with E-state index in [9.17, 15) is 4.79 Å². The highest BCUT2D eigenvalue weighted by atomic mass is 35.5. The minimum absolute atomic E-state index is 0.0998. The Bertz CT molecular complexity index is 673. The van der Waals surface area contributed by atoms with Crippen molar-refractivity contribution in [3.8, 4) is 11.5 Å². The molecular formula is C20H24ClNO3. The molecule has 1 unspecified atom stereocenters. The molecule has 0 bridgehead atoms. The van der Waals surface area contributed by atoms with Crippen LogP contribution in [0.25, 0.3) is 0 Å². The molecule has 0 saturated heterocycles. The number of nitrogens with one attached hydrogen (secondary N) is 1. The first-order valence-corrected chi connectivity index (χ1v) is 8.83. The molecule has 0 fully saturated rings. The second-order valence-electron chi connectivity index (χ2n) is 5.71. The van der Waals surface area contributed by atoms with Gasteiger partial charge in [0, 0.05) is 11.6 Å². The third-order valence-corrected chi connectivity index (χ3v) is 4.07. The minimum atomic E-state index is -0.514. The number of rotatable bonds is 9. The number of hydrogen-bond donors (Lipinski definition) is 1. The molecule has 0 heterocycles. The summed E-state index contributed by atoms with van der Waals surface area (Å²) in [6.45, 7) is 2.53. The third kappa shape index (κ3) is 6.31. The second kappa shape index (κ2) is 9.94. The zero-order chi connectivity index (χ0) is 18.1. The van der Waals surface area contributed by atoms with Gasteiger partial charge in [0.2, 0.25) is 0 Å². The van der Waals surface area contributed by atoms with Crippen LogP contribution in [0.1, 0.15) is 25.3 Å². The van der Waals surface area contributed by atoms with Crippen molar-refractivity contribution in [1.29, 1.82) is 0 Å². The van der Waals surface area contributed by atoms with Gasteiger partial charge in [-0.1, -0.05) is 36.7 Å². The summed E-state index contributed by atoms with van der Waals surface area (Å²) in [5, 5.41) is 3.53. The Labute approximate surface area is 154 Å². The molecule has 0 saturated carbocycles. The smallest absolute Gasteiger partial charge is 0.261 e. The summed E-state index contributed by atoms with van der Waals surface area (Å²) in [7, 11) is 1.65. The van der Waals surface area contributed by atoms with Gasteiger partial charge in [0.25, 0.3) is 5.91 Å². The van der Waals surface area contributed by atoms with Crippen molar-refractivity contribution in [3.05, 3.63) is 59.1 Å². The van der Waals surface area contributed by atoms with E-state index in [0.29, 0.717) is 23.7 Å². The Morgan fingerprint density at radius 1 is 1.16 bits per heavy atom. The lowest BCUT2D eigenvalue weighted by Crippen LogP contribution is -2.38. The van der Waals surface area contributed by atoms with Gasteiger partial charge in [-0.2, -0.15) is 0 Å². The van der Waals surface area contributed by atoms with Crippen LogP contribution in [0, 0.1) is 0 Å². The van der Waals surface area contributed by atoms with Gasteiger partial charge in [0.05, 0.1) is 7.11 Å². The van der Waals surface area contributed by atoms with Gasteiger partial charge in [-0.3, -0.25) is 4.79 Å².